The van der Waals surface area contributed by atoms with Crippen LogP contribution in [-0.4, -0.2) is 24.0 Å². The fourth-order valence-corrected chi connectivity index (χ4v) is 3.36. The highest BCUT2D eigenvalue weighted by Gasteiger charge is 2.48. The minimum Gasteiger partial charge on any atom is -0.300 e. The van der Waals surface area contributed by atoms with Gasteiger partial charge in [-0.25, -0.2) is 0 Å². The zero-order valence-electron chi connectivity index (χ0n) is 8.75. The first-order chi connectivity index (χ1) is 5.61. The molecule has 1 saturated heterocycles. The number of rotatable bonds is 1. The molecule has 1 saturated carbocycles. The lowest BCUT2D eigenvalue weighted by Gasteiger charge is -2.36. The number of piperidine rings is 1. The second kappa shape index (κ2) is 2.73. The SMILES string of the molecule is CC(C)C1C[C@@H]2C[C@H]1[C@@H](C)N2C. The van der Waals surface area contributed by atoms with E-state index in [9.17, 15) is 0 Å². The molecule has 4 atom stereocenters. The van der Waals surface area contributed by atoms with Gasteiger partial charge in [-0.15, -0.1) is 0 Å². The van der Waals surface area contributed by atoms with Crippen LogP contribution in [0.2, 0.25) is 0 Å². The van der Waals surface area contributed by atoms with Crippen molar-refractivity contribution < 1.29 is 0 Å². The molecule has 0 radical (unpaired) electrons. The Hall–Kier alpha value is -0.0400. The number of nitrogens with zero attached hydrogens (tertiary/aromatic N) is 1. The van der Waals surface area contributed by atoms with E-state index in [4.69, 9.17) is 0 Å². The predicted molar refractivity (Wildman–Crippen MR) is 52.1 cm³/mol. The summed E-state index contributed by atoms with van der Waals surface area (Å²) in [5.41, 5.74) is 0. The van der Waals surface area contributed by atoms with Gasteiger partial charge in [0.15, 0.2) is 0 Å². The number of fused-ring (bicyclic) bond motifs is 2. The van der Waals surface area contributed by atoms with Crippen LogP contribution in [0.15, 0.2) is 0 Å². The standard InChI is InChI=1S/C11H21N/c1-7(2)10-5-9-6-11(10)8(3)12(9)4/h7-11H,5-6H2,1-4H3/t8-,9-,10?,11+/m1/s1. The van der Waals surface area contributed by atoms with Crippen LogP contribution >= 0.6 is 0 Å². The molecule has 1 aliphatic heterocycles. The van der Waals surface area contributed by atoms with Crippen LogP contribution in [0.25, 0.3) is 0 Å². The Morgan fingerprint density at radius 3 is 2.33 bits per heavy atom. The van der Waals surface area contributed by atoms with Gasteiger partial charge in [0.2, 0.25) is 0 Å². The highest BCUT2D eigenvalue weighted by Crippen LogP contribution is 2.48. The van der Waals surface area contributed by atoms with Crippen molar-refractivity contribution in [3.63, 3.8) is 0 Å². The number of hydrogen-bond acceptors (Lipinski definition) is 1. The largest absolute Gasteiger partial charge is 0.300 e. The normalized spacial score (nSPS) is 47.8. The maximum absolute atomic E-state index is 2.59. The van der Waals surface area contributed by atoms with Gasteiger partial charge in [-0.1, -0.05) is 13.8 Å². The maximum atomic E-state index is 2.59. The van der Waals surface area contributed by atoms with Crippen LogP contribution in [0.4, 0.5) is 0 Å². The minimum atomic E-state index is 0.844. The first kappa shape index (κ1) is 8.55. The second-order valence-corrected chi connectivity index (χ2v) is 5.10. The third kappa shape index (κ3) is 1.02. The zero-order chi connectivity index (χ0) is 8.88. The molecule has 0 N–H and O–H groups in total. The molecule has 2 aliphatic rings. The molecule has 1 unspecified atom stereocenters. The molecule has 2 fully saturated rings. The van der Waals surface area contributed by atoms with Crippen LogP contribution < -0.4 is 0 Å². The molecule has 2 bridgehead atoms. The minimum absolute atomic E-state index is 0.844. The van der Waals surface area contributed by atoms with E-state index >= 15 is 0 Å². The van der Waals surface area contributed by atoms with Crippen LogP contribution in [0, 0.1) is 17.8 Å². The van der Waals surface area contributed by atoms with Crippen molar-refractivity contribution in [1.82, 2.24) is 4.90 Å². The van der Waals surface area contributed by atoms with Gasteiger partial charge in [0.05, 0.1) is 0 Å². The molecule has 70 valence electrons. The molecule has 0 spiro atoms. The van der Waals surface area contributed by atoms with Crippen molar-refractivity contribution >= 4 is 0 Å². The Bertz CT molecular complexity index is 174. The highest BCUT2D eigenvalue weighted by molar-refractivity contribution is 5.01. The van der Waals surface area contributed by atoms with E-state index in [1.54, 1.807) is 0 Å². The van der Waals surface area contributed by atoms with Crippen molar-refractivity contribution in [2.75, 3.05) is 7.05 Å². The second-order valence-electron chi connectivity index (χ2n) is 5.10. The van der Waals surface area contributed by atoms with Gasteiger partial charge < -0.3 is 4.90 Å². The van der Waals surface area contributed by atoms with Gasteiger partial charge in [0.25, 0.3) is 0 Å². The summed E-state index contributed by atoms with van der Waals surface area (Å²) in [7, 11) is 2.30. The molecule has 0 aromatic heterocycles. The van der Waals surface area contributed by atoms with E-state index < -0.39 is 0 Å². The molecule has 0 amide bonds. The predicted octanol–water partition coefficient (Wildman–Crippen LogP) is 2.37. The van der Waals surface area contributed by atoms with E-state index in [1.165, 1.54) is 12.8 Å². The van der Waals surface area contributed by atoms with E-state index in [-0.39, 0.29) is 0 Å². The Morgan fingerprint density at radius 2 is 1.92 bits per heavy atom. The molecule has 1 heterocycles. The molecule has 2 rings (SSSR count). The van der Waals surface area contributed by atoms with Crippen molar-refractivity contribution in [2.45, 2.75) is 45.7 Å². The first-order valence-electron chi connectivity index (χ1n) is 5.33. The molecule has 1 heteroatoms. The maximum Gasteiger partial charge on any atom is 0.0101 e. The highest BCUT2D eigenvalue weighted by atomic mass is 15.2. The fourth-order valence-electron chi connectivity index (χ4n) is 3.36. The Kier molecular flexibility index (Phi) is 1.95. The Balaban J connectivity index is 2.10. The summed E-state index contributed by atoms with van der Waals surface area (Å²) >= 11 is 0. The van der Waals surface area contributed by atoms with Gasteiger partial charge in [0, 0.05) is 12.1 Å². The lowest BCUT2D eigenvalue weighted by atomic mass is 9.81. The summed E-state index contributed by atoms with van der Waals surface area (Å²) in [5.74, 6) is 2.91. The first-order valence-corrected chi connectivity index (χ1v) is 5.33. The lowest BCUT2D eigenvalue weighted by Crippen LogP contribution is -2.40. The average Bonchev–Trinajstić information content (AvgIpc) is 2.53. The smallest absolute Gasteiger partial charge is 0.0101 e. The quantitative estimate of drug-likeness (QED) is 0.579. The van der Waals surface area contributed by atoms with Crippen molar-refractivity contribution in [3.05, 3.63) is 0 Å². The molecule has 0 aromatic carbocycles. The lowest BCUT2D eigenvalue weighted by molar-refractivity contribution is 0.119. The third-order valence-electron chi connectivity index (χ3n) is 4.33. The number of hydrogen-bond donors (Lipinski definition) is 0. The van der Waals surface area contributed by atoms with Gasteiger partial charge in [-0.3, -0.25) is 0 Å². The molecule has 1 aliphatic carbocycles. The fraction of sp³-hybridized carbons (Fsp3) is 1.00. The van der Waals surface area contributed by atoms with Crippen molar-refractivity contribution in [2.24, 2.45) is 17.8 Å². The van der Waals surface area contributed by atoms with Crippen LogP contribution in [0.1, 0.15) is 33.6 Å². The van der Waals surface area contributed by atoms with Gasteiger partial charge in [-0.05, 0) is 44.6 Å². The molecule has 12 heavy (non-hydrogen) atoms. The Labute approximate surface area is 76.1 Å². The Morgan fingerprint density at radius 1 is 1.25 bits per heavy atom. The van der Waals surface area contributed by atoms with Gasteiger partial charge in [0.1, 0.15) is 0 Å². The summed E-state index contributed by atoms with van der Waals surface area (Å²) in [6, 6.07) is 1.76. The number of likely N-dealkylation sites (tertiary alicyclic amines) is 1. The van der Waals surface area contributed by atoms with Crippen LogP contribution in [0.3, 0.4) is 0 Å². The van der Waals surface area contributed by atoms with E-state index in [1.807, 2.05) is 0 Å². The molecule has 0 aromatic rings. The van der Waals surface area contributed by atoms with E-state index in [0.717, 1.165) is 29.8 Å². The van der Waals surface area contributed by atoms with E-state index in [0.29, 0.717) is 0 Å². The zero-order valence-corrected chi connectivity index (χ0v) is 8.75. The summed E-state index contributed by atoms with van der Waals surface area (Å²) in [5, 5.41) is 0. The molecular weight excluding hydrogens is 146 g/mol. The summed E-state index contributed by atoms with van der Waals surface area (Å²) in [4.78, 5) is 2.59. The van der Waals surface area contributed by atoms with Crippen LogP contribution in [0.5, 0.6) is 0 Å². The van der Waals surface area contributed by atoms with Gasteiger partial charge in [-0.2, -0.15) is 0 Å². The van der Waals surface area contributed by atoms with Gasteiger partial charge >= 0.3 is 0 Å². The summed E-state index contributed by atoms with van der Waals surface area (Å²) < 4.78 is 0. The van der Waals surface area contributed by atoms with E-state index in [2.05, 4.69) is 32.7 Å². The monoisotopic (exact) mass is 167 g/mol. The van der Waals surface area contributed by atoms with Crippen molar-refractivity contribution in [3.8, 4) is 0 Å². The molecular formula is C11H21N. The summed E-state index contributed by atoms with van der Waals surface area (Å²) in [6.45, 7) is 7.18. The van der Waals surface area contributed by atoms with Crippen LogP contribution in [-0.2, 0) is 0 Å². The van der Waals surface area contributed by atoms with Crippen molar-refractivity contribution in [1.29, 1.82) is 0 Å². The third-order valence-corrected chi connectivity index (χ3v) is 4.33. The average molecular weight is 167 g/mol. The summed E-state index contributed by atoms with van der Waals surface area (Å²) in [6.07, 6.45) is 2.93. The molecule has 1 nitrogen and oxygen atoms in total. The topological polar surface area (TPSA) is 3.24 Å².